The molecule has 0 saturated heterocycles. The van der Waals surface area contributed by atoms with Crippen LogP contribution in [0.2, 0.25) is 0 Å². The van der Waals surface area contributed by atoms with Gasteiger partial charge in [-0.1, -0.05) is 0 Å². The van der Waals surface area contributed by atoms with E-state index in [9.17, 15) is 4.79 Å². The van der Waals surface area contributed by atoms with E-state index in [0.717, 1.165) is 10.6 Å². The monoisotopic (exact) mass is 281 g/mol. The lowest BCUT2D eigenvalue weighted by Gasteiger charge is -2.12. The van der Waals surface area contributed by atoms with Crippen LogP contribution < -0.4 is 4.90 Å². The van der Waals surface area contributed by atoms with E-state index in [0.29, 0.717) is 19.2 Å². The van der Waals surface area contributed by atoms with Gasteiger partial charge in [-0.15, -0.1) is 11.3 Å². The van der Waals surface area contributed by atoms with E-state index in [1.165, 1.54) is 6.26 Å². The van der Waals surface area contributed by atoms with Gasteiger partial charge in [0, 0.05) is 11.9 Å². The normalized spacial score (nSPS) is 10.5. The van der Waals surface area contributed by atoms with Crippen molar-refractivity contribution in [1.82, 2.24) is 9.97 Å². The second kappa shape index (κ2) is 5.83. The summed E-state index contributed by atoms with van der Waals surface area (Å²) in [6, 6.07) is 0.385. The zero-order chi connectivity index (χ0) is 13.8. The Hall–Kier alpha value is -1.89. The van der Waals surface area contributed by atoms with Crippen LogP contribution >= 0.6 is 11.3 Å². The number of carbonyl (C=O) groups is 1. The topological polar surface area (TPSA) is 68.5 Å². The molecule has 0 saturated carbocycles. The van der Waals surface area contributed by atoms with Gasteiger partial charge in [0.05, 0.1) is 24.4 Å². The number of hydrogen-bond acceptors (Lipinski definition) is 7. The van der Waals surface area contributed by atoms with Gasteiger partial charge in [0.2, 0.25) is 0 Å². The first-order valence-electron chi connectivity index (χ1n) is 5.84. The Bertz CT molecular complexity index is 564. The maximum absolute atomic E-state index is 11.5. The Morgan fingerprint density at radius 2 is 2.37 bits per heavy atom. The summed E-state index contributed by atoms with van der Waals surface area (Å²) in [5, 5.41) is 0. The molecule has 6 nitrogen and oxygen atoms in total. The van der Waals surface area contributed by atoms with Crippen molar-refractivity contribution in [2.45, 2.75) is 20.4 Å². The summed E-state index contributed by atoms with van der Waals surface area (Å²) >= 11 is 1.58. The van der Waals surface area contributed by atoms with Gasteiger partial charge in [0.15, 0.2) is 5.69 Å². The number of rotatable bonds is 5. The molecule has 19 heavy (non-hydrogen) atoms. The fourth-order valence-corrected chi connectivity index (χ4v) is 2.33. The Morgan fingerprint density at radius 1 is 1.58 bits per heavy atom. The molecule has 7 heteroatoms. The smallest absolute Gasteiger partial charge is 0.360 e. The average molecular weight is 281 g/mol. The zero-order valence-corrected chi connectivity index (χ0v) is 11.9. The molecule has 2 aromatic heterocycles. The van der Waals surface area contributed by atoms with Gasteiger partial charge >= 0.3 is 5.97 Å². The molecule has 2 aromatic rings. The summed E-state index contributed by atoms with van der Waals surface area (Å²) in [4.78, 5) is 22.7. The van der Waals surface area contributed by atoms with Crippen LogP contribution in [-0.4, -0.2) is 29.6 Å². The summed E-state index contributed by atoms with van der Waals surface area (Å²) in [6.45, 7) is 4.66. The van der Waals surface area contributed by atoms with Gasteiger partial charge in [-0.3, -0.25) is 0 Å². The summed E-state index contributed by atoms with van der Waals surface area (Å²) in [5.41, 5.74) is 2.98. The lowest BCUT2D eigenvalue weighted by molar-refractivity contribution is 0.0519. The second-order valence-electron chi connectivity index (χ2n) is 3.95. The van der Waals surface area contributed by atoms with E-state index >= 15 is 0 Å². The number of oxazole rings is 1. The molecule has 0 fully saturated rings. The van der Waals surface area contributed by atoms with Crippen LogP contribution in [0.1, 0.15) is 28.0 Å². The number of anilines is 1. The minimum absolute atomic E-state index is 0.185. The number of carbonyl (C=O) groups excluding carboxylic acids is 1. The number of esters is 1. The number of aryl methyl sites for hydroxylation is 1. The van der Waals surface area contributed by atoms with Crippen LogP contribution in [0.5, 0.6) is 0 Å². The molecule has 0 radical (unpaired) electrons. The highest BCUT2D eigenvalue weighted by molar-refractivity contribution is 7.09. The van der Waals surface area contributed by atoms with Gasteiger partial charge in [-0.25, -0.2) is 9.78 Å². The lowest BCUT2D eigenvalue weighted by atomic mass is 10.4. The fourth-order valence-electron chi connectivity index (χ4n) is 1.50. The van der Waals surface area contributed by atoms with Crippen molar-refractivity contribution in [3.05, 3.63) is 28.0 Å². The van der Waals surface area contributed by atoms with Crippen molar-refractivity contribution < 1.29 is 13.9 Å². The highest BCUT2D eigenvalue weighted by Gasteiger charge is 2.16. The van der Waals surface area contributed by atoms with Crippen molar-refractivity contribution in [1.29, 1.82) is 0 Å². The summed E-state index contributed by atoms with van der Waals surface area (Å²) in [5.74, 6) is -0.472. The average Bonchev–Trinajstić information content (AvgIpc) is 2.99. The number of aromatic nitrogens is 2. The standard InChI is InChI=1S/C12H15N3O3S/c1-4-17-11(16)9-6-18-12(14-9)15(3)5-10-8(2)13-7-19-10/h6-7H,4-5H2,1-3H3. The third-order valence-electron chi connectivity index (χ3n) is 2.53. The van der Waals surface area contributed by atoms with Crippen LogP contribution in [0.3, 0.4) is 0 Å². The van der Waals surface area contributed by atoms with E-state index in [1.54, 1.807) is 23.8 Å². The molecule has 0 aliphatic carbocycles. The number of nitrogens with zero attached hydrogens (tertiary/aromatic N) is 3. The van der Waals surface area contributed by atoms with Crippen molar-refractivity contribution in [3.63, 3.8) is 0 Å². The van der Waals surface area contributed by atoms with Crippen molar-refractivity contribution >= 4 is 23.3 Å². The largest absolute Gasteiger partial charge is 0.461 e. The highest BCUT2D eigenvalue weighted by atomic mass is 32.1. The number of thiazole rings is 1. The Morgan fingerprint density at radius 3 is 3.00 bits per heavy atom. The molecule has 0 spiro atoms. The summed E-state index contributed by atoms with van der Waals surface area (Å²) < 4.78 is 10.1. The van der Waals surface area contributed by atoms with Gasteiger partial charge in [-0.2, -0.15) is 4.98 Å². The Kier molecular flexibility index (Phi) is 4.16. The van der Waals surface area contributed by atoms with Crippen LogP contribution in [-0.2, 0) is 11.3 Å². The quantitative estimate of drug-likeness (QED) is 0.783. The first kappa shape index (κ1) is 13.5. The molecule has 0 unspecified atom stereocenters. The van der Waals surface area contributed by atoms with Crippen LogP contribution in [0, 0.1) is 6.92 Å². The Labute approximate surface area is 115 Å². The van der Waals surface area contributed by atoms with E-state index in [4.69, 9.17) is 9.15 Å². The van der Waals surface area contributed by atoms with Crippen molar-refractivity contribution in [2.75, 3.05) is 18.6 Å². The summed E-state index contributed by atoms with van der Waals surface area (Å²) in [6.07, 6.45) is 1.31. The SMILES string of the molecule is CCOC(=O)c1coc(N(C)Cc2scnc2C)n1. The molecule has 0 atom stereocenters. The predicted octanol–water partition coefficient (Wildman–Crippen LogP) is 2.25. The number of ether oxygens (including phenoxy) is 1. The molecule has 2 rings (SSSR count). The first-order valence-corrected chi connectivity index (χ1v) is 6.72. The molecule has 2 heterocycles. The third-order valence-corrected chi connectivity index (χ3v) is 3.45. The molecule has 102 valence electrons. The minimum Gasteiger partial charge on any atom is -0.461 e. The van der Waals surface area contributed by atoms with E-state index < -0.39 is 5.97 Å². The van der Waals surface area contributed by atoms with Gasteiger partial charge in [0.25, 0.3) is 6.01 Å². The van der Waals surface area contributed by atoms with Gasteiger partial charge in [0.1, 0.15) is 6.26 Å². The van der Waals surface area contributed by atoms with E-state index in [2.05, 4.69) is 9.97 Å². The fraction of sp³-hybridized carbons (Fsp3) is 0.417. The minimum atomic E-state index is -0.472. The first-order chi connectivity index (χ1) is 9.11. The molecule has 0 aliphatic heterocycles. The third kappa shape index (κ3) is 3.11. The predicted molar refractivity (Wildman–Crippen MR) is 71.4 cm³/mol. The maximum atomic E-state index is 11.5. The van der Waals surface area contributed by atoms with Crippen LogP contribution in [0.4, 0.5) is 6.01 Å². The molecule has 0 amide bonds. The van der Waals surface area contributed by atoms with Gasteiger partial charge < -0.3 is 14.1 Å². The Balaban J connectivity index is 2.06. The van der Waals surface area contributed by atoms with Crippen LogP contribution in [0.25, 0.3) is 0 Å². The molecule has 0 aromatic carbocycles. The van der Waals surface area contributed by atoms with E-state index in [1.807, 2.05) is 18.9 Å². The van der Waals surface area contributed by atoms with Crippen molar-refractivity contribution in [3.8, 4) is 0 Å². The van der Waals surface area contributed by atoms with Gasteiger partial charge in [-0.05, 0) is 13.8 Å². The molecule has 0 N–H and O–H groups in total. The van der Waals surface area contributed by atoms with Crippen molar-refractivity contribution in [2.24, 2.45) is 0 Å². The highest BCUT2D eigenvalue weighted by Crippen LogP contribution is 2.19. The summed E-state index contributed by atoms with van der Waals surface area (Å²) in [7, 11) is 1.85. The molecular formula is C12H15N3O3S. The van der Waals surface area contributed by atoms with Crippen LogP contribution in [0.15, 0.2) is 16.2 Å². The van der Waals surface area contributed by atoms with E-state index in [-0.39, 0.29) is 5.69 Å². The molecular weight excluding hydrogens is 266 g/mol. The molecule has 0 bridgehead atoms. The number of hydrogen-bond donors (Lipinski definition) is 0. The zero-order valence-electron chi connectivity index (χ0n) is 11.0. The molecule has 0 aliphatic rings. The second-order valence-corrected chi connectivity index (χ2v) is 4.89. The lowest BCUT2D eigenvalue weighted by Crippen LogP contribution is -2.17. The maximum Gasteiger partial charge on any atom is 0.360 e.